The molecule has 0 aromatic heterocycles. The summed E-state index contributed by atoms with van der Waals surface area (Å²) in [7, 11) is 0. The predicted molar refractivity (Wildman–Crippen MR) is 163 cm³/mol. The number of anilines is 1. The van der Waals surface area contributed by atoms with Crippen molar-refractivity contribution in [3.63, 3.8) is 0 Å². The number of hydrogen-bond acceptors (Lipinski definition) is 7. The van der Waals surface area contributed by atoms with Crippen LogP contribution in [-0.2, 0) is 20.9 Å². The zero-order chi connectivity index (χ0) is 31.3. The van der Waals surface area contributed by atoms with Crippen molar-refractivity contribution < 1.29 is 34.5 Å². The first kappa shape index (κ1) is 30.8. The standard InChI is InChI=1S/C32H37N3O7S/c1-15-9-20(10-16(2)17(15)3)13-34-14-23(12-24(34)29(37)33-22-8-6-7-21(11-22)31(39)40)43-28-18(4)26-25(19(5)36)30(38)35(26)27(28)32(41)42/h6-11,18-19,23-26,36H,12-14H2,1-5H3,(H,33,37)(H,39,40)(H,41,42)/t18-,19-,23?,24+,25-,26?/m1/s1. The lowest BCUT2D eigenvalue weighted by Crippen LogP contribution is -2.63. The summed E-state index contributed by atoms with van der Waals surface area (Å²) in [4.78, 5) is 54.3. The second kappa shape index (κ2) is 11.8. The third kappa shape index (κ3) is 5.69. The van der Waals surface area contributed by atoms with Gasteiger partial charge in [-0.1, -0.05) is 25.1 Å². The van der Waals surface area contributed by atoms with Gasteiger partial charge in [0.2, 0.25) is 11.8 Å². The fourth-order valence-electron chi connectivity index (χ4n) is 6.66. The number of amides is 2. The molecular formula is C32H37N3O7S. The number of carbonyl (C=O) groups excluding carboxylic acids is 2. The molecule has 0 aliphatic carbocycles. The molecular weight excluding hydrogens is 570 g/mol. The maximum Gasteiger partial charge on any atom is 0.353 e. The van der Waals surface area contributed by atoms with Crippen molar-refractivity contribution in [3.8, 4) is 0 Å². The number of aliphatic hydroxyl groups excluding tert-OH is 1. The minimum absolute atomic E-state index is 0.0286. The number of β-lactam (4-membered cyclic amide) rings is 1. The van der Waals surface area contributed by atoms with E-state index in [4.69, 9.17) is 0 Å². The second-order valence-electron chi connectivity index (χ2n) is 11.9. The zero-order valence-corrected chi connectivity index (χ0v) is 25.6. The Labute approximate surface area is 254 Å². The van der Waals surface area contributed by atoms with Crippen LogP contribution in [0, 0.1) is 32.6 Å². The number of thioether (sulfide) groups is 1. The van der Waals surface area contributed by atoms with Gasteiger partial charge in [-0.3, -0.25) is 14.5 Å². The zero-order valence-electron chi connectivity index (χ0n) is 24.8. The van der Waals surface area contributed by atoms with Crippen molar-refractivity contribution >= 4 is 41.2 Å². The number of benzene rings is 2. The fraction of sp³-hybridized carbons (Fsp3) is 0.438. The van der Waals surface area contributed by atoms with Crippen LogP contribution < -0.4 is 5.32 Å². The van der Waals surface area contributed by atoms with Crippen LogP contribution in [0.5, 0.6) is 0 Å². The summed E-state index contributed by atoms with van der Waals surface area (Å²) in [6.45, 7) is 10.6. The van der Waals surface area contributed by atoms with E-state index in [1.165, 1.54) is 34.4 Å². The Bertz CT molecular complexity index is 1510. The molecule has 2 fully saturated rings. The van der Waals surface area contributed by atoms with E-state index in [1.807, 2.05) is 6.92 Å². The lowest BCUT2D eigenvalue weighted by atomic mass is 9.79. The Balaban J connectivity index is 1.42. The SMILES string of the molecule is Cc1cc(CN2CC(SC3=C(C(=O)O)N4C(=O)[C@H]([C@@H](C)O)C4[C@H]3C)C[C@H]2C(=O)Nc2cccc(C(=O)O)c2)cc(C)c1C. The first-order valence-electron chi connectivity index (χ1n) is 14.4. The molecule has 2 amide bonds. The van der Waals surface area contributed by atoms with Crippen molar-refractivity contribution in [1.29, 1.82) is 0 Å². The lowest BCUT2D eigenvalue weighted by Gasteiger charge is -2.46. The van der Waals surface area contributed by atoms with Crippen LogP contribution >= 0.6 is 11.8 Å². The number of rotatable bonds is 9. The number of likely N-dealkylation sites (tertiary alicyclic amines) is 1. The van der Waals surface area contributed by atoms with E-state index in [9.17, 15) is 34.5 Å². The molecule has 3 heterocycles. The molecule has 3 aliphatic heterocycles. The molecule has 5 rings (SSSR count). The van der Waals surface area contributed by atoms with Crippen LogP contribution in [0.15, 0.2) is 47.0 Å². The predicted octanol–water partition coefficient (Wildman–Crippen LogP) is 3.78. The highest BCUT2D eigenvalue weighted by atomic mass is 32.2. The van der Waals surface area contributed by atoms with E-state index in [-0.39, 0.29) is 34.2 Å². The molecule has 2 unspecified atom stereocenters. The summed E-state index contributed by atoms with van der Waals surface area (Å²) in [6.07, 6.45) is -0.452. The van der Waals surface area contributed by atoms with Gasteiger partial charge in [-0.2, -0.15) is 0 Å². The average molecular weight is 608 g/mol. The number of carboxylic acid groups (broad SMARTS) is 2. The number of carboxylic acids is 2. The van der Waals surface area contributed by atoms with Crippen LogP contribution in [0.3, 0.4) is 0 Å². The van der Waals surface area contributed by atoms with E-state index in [0.29, 0.717) is 30.1 Å². The van der Waals surface area contributed by atoms with E-state index >= 15 is 0 Å². The largest absolute Gasteiger partial charge is 0.478 e. The number of aliphatic carboxylic acids is 1. The normalized spacial score (nSPS) is 25.9. The molecule has 0 bridgehead atoms. The van der Waals surface area contributed by atoms with Gasteiger partial charge in [-0.15, -0.1) is 11.8 Å². The van der Waals surface area contributed by atoms with E-state index in [0.717, 1.165) is 16.7 Å². The Kier molecular flexibility index (Phi) is 8.43. The van der Waals surface area contributed by atoms with Crippen LogP contribution in [0.2, 0.25) is 0 Å². The number of aryl methyl sites for hydroxylation is 2. The average Bonchev–Trinajstić information content (AvgIpc) is 3.43. The van der Waals surface area contributed by atoms with Crippen molar-refractivity contribution in [3.05, 3.63) is 74.8 Å². The molecule has 43 heavy (non-hydrogen) atoms. The Morgan fingerprint density at radius 1 is 1.07 bits per heavy atom. The smallest absolute Gasteiger partial charge is 0.353 e. The highest BCUT2D eigenvalue weighted by Gasteiger charge is 2.60. The first-order chi connectivity index (χ1) is 20.3. The quantitative estimate of drug-likeness (QED) is 0.313. The molecule has 10 nitrogen and oxygen atoms in total. The van der Waals surface area contributed by atoms with Crippen molar-refractivity contribution in [2.75, 3.05) is 11.9 Å². The maximum atomic E-state index is 13.7. The third-order valence-electron chi connectivity index (χ3n) is 9.02. The van der Waals surface area contributed by atoms with Crippen molar-refractivity contribution in [1.82, 2.24) is 9.80 Å². The van der Waals surface area contributed by atoms with Crippen LogP contribution in [-0.4, -0.2) is 78.9 Å². The summed E-state index contributed by atoms with van der Waals surface area (Å²) in [5, 5.41) is 32.4. The summed E-state index contributed by atoms with van der Waals surface area (Å²) in [5.41, 5.74) is 5.01. The molecule has 11 heteroatoms. The highest BCUT2D eigenvalue weighted by molar-refractivity contribution is 8.03. The van der Waals surface area contributed by atoms with Gasteiger partial charge in [0.15, 0.2) is 0 Å². The Hall–Kier alpha value is -3.67. The van der Waals surface area contributed by atoms with Crippen molar-refractivity contribution in [2.45, 2.75) is 71.0 Å². The fourth-order valence-corrected chi connectivity index (χ4v) is 8.21. The monoisotopic (exact) mass is 607 g/mol. The molecule has 2 saturated heterocycles. The molecule has 2 aromatic carbocycles. The number of carbonyl (C=O) groups is 4. The van der Waals surface area contributed by atoms with E-state index in [2.05, 4.69) is 43.1 Å². The van der Waals surface area contributed by atoms with Gasteiger partial charge in [0, 0.05) is 34.8 Å². The molecule has 0 spiro atoms. The Morgan fingerprint density at radius 3 is 2.35 bits per heavy atom. The number of fused-ring (bicyclic) bond motifs is 1. The molecule has 0 radical (unpaired) electrons. The molecule has 3 aliphatic rings. The van der Waals surface area contributed by atoms with Crippen LogP contribution in [0.1, 0.15) is 52.9 Å². The molecule has 6 atom stereocenters. The Morgan fingerprint density at radius 2 is 1.74 bits per heavy atom. The molecule has 228 valence electrons. The van der Waals surface area contributed by atoms with E-state index < -0.39 is 36.0 Å². The lowest BCUT2D eigenvalue weighted by molar-refractivity contribution is -0.163. The van der Waals surface area contributed by atoms with Gasteiger partial charge in [0.05, 0.1) is 29.7 Å². The maximum absolute atomic E-state index is 13.7. The van der Waals surface area contributed by atoms with Crippen LogP contribution in [0.25, 0.3) is 0 Å². The van der Waals surface area contributed by atoms with Gasteiger partial charge in [-0.25, -0.2) is 9.59 Å². The highest BCUT2D eigenvalue weighted by Crippen LogP contribution is 2.52. The van der Waals surface area contributed by atoms with Crippen molar-refractivity contribution in [2.24, 2.45) is 11.8 Å². The van der Waals surface area contributed by atoms with Gasteiger partial charge < -0.3 is 25.5 Å². The second-order valence-corrected chi connectivity index (χ2v) is 13.3. The van der Waals surface area contributed by atoms with Crippen LogP contribution in [0.4, 0.5) is 5.69 Å². The molecule has 4 N–H and O–H groups in total. The summed E-state index contributed by atoms with van der Waals surface area (Å²) in [6, 6.07) is 9.38. The summed E-state index contributed by atoms with van der Waals surface area (Å²) in [5.74, 6) is -3.83. The number of aliphatic hydroxyl groups is 1. The van der Waals surface area contributed by atoms with Gasteiger partial charge >= 0.3 is 11.9 Å². The number of hydrogen-bond donors (Lipinski definition) is 4. The third-order valence-corrected chi connectivity index (χ3v) is 10.5. The first-order valence-corrected chi connectivity index (χ1v) is 15.3. The van der Waals surface area contributed by atoms with E-state index in [1.54, 1.807) is 19.1 Å². The minimum Gasteiger partial charge on any atom is -0.478 e. The minimum atomic E-state index is -1.18. The molecule has 2 aromatic rings. The number of nitrogens with one attached hydrogen (secondary N) is 1. The topological polar surface area (TPSA) is 147 Å². The number of nitrogens with zero attached hydrogens (tertiary/aromatic N) is 2. The van der Waals surface area contributed by atoms with Gasteiger partial charge in [0.25, 0.3) is 0 Å². The van der Waals surface area contributed by atoms with Gasteiger partial charge in [0.1, 0.15) is 5.70 Å². The summed E-state index contributed by atoms with van der Waals surface area (Å²) < 4.78 is 0. The van der Waals surface area contributed by atoms with Gasteiger partial charge in [-0.05, 0) is 74.6 Å². The summed E-state index contributed by atoms with van der Waals surface area (Å²) >= 11 is 1.40. The molecule has 0 saturated carbocycles. The number of aromatic carboxylic acids is 1.